The van der Waals surface area contributed by atoms with Crippen LogP contribution < -0.4 is 0 Å². The lowest BCUT2D eigenvalue weighted by Gasteiger charge is -2.34. The quantitative estimate of drug-likeness (QED) is 0.851. The van der Waals surface area contributed by atoms with E-state index < -0.39 is 5.97 Å². The smallest absolute Gasteiger partial charge is 0.303 e. The fraction of sp³-hybridized carbons (Fsp3) is 0.600. The zero-order valence-corrected chi connectivity index (χ0v) is 12.1. The molecule has 0 saturated carbocycles. The highest BCUT2D eigenvalue weighted by Gasteiger charge is 2.16. The van der Waals surface area contributed by atoms with Crippen LogP contribution in [-0.2, 0) is 11.3 Å². The summed E-state index contributed by atoms with van der Waals surface area (Å²) in [5.41, 5.74) is 2.31. The molecule has 2 heterocycles. The molecule has 110 valence electrons. The molecule has 0 bridgehead atoms. The molecule has 0 amide bonds. The molecule has 0 aromatic carbocycles. The van der Waals surface area contributed by atoms with Gasteiger partial charge in [-0.25, -0.2) is 0 Å². The summed E-state index contributed by atoms with van der Waals surface area (Å²) in [5.74, 6) is -0.699. The summed E-state index contributed by atoms with van der Waals surface area (Å²) in [7, 11) is 0. The minimum atomic E-state index is -0.699. The van der Waals surface area contributed by atoms with Crippen LogP contribution in [0.5, 0.6) is 0 Å². The van der Waals surface area contributed by atoms with Crippen molar-refractivity contribution >= 4 is 5.97 Å². The van der Waals surface area contributed by atoms with E-state index in [9.17, 15) is 4.79 Å². The molecular formula is C15H23N3O2. The normalized spacial score (nSPS) is 17.2. The Hall–Kier alpha value is -1.46. The van der Waals surface area contributed by atoms with Gasteiger partial charge in [-0.2, -0.15) is 0 Å². The molecule has 1 saturated heterocycles. The Labute approximate surface area is 120 Å². The highest BCUT2D eigenvalue weighted by Crippen LogP contribution is 2.09. The molecule has 0 spiro atoms. The second-order valence-electron chi connectivity index (χ2n) is 5.42. The fourth-order valence-corrected chi connectivity index (χ4v) is 2.48. The third-order valence-electron chi connectivity index (χ3n) is 3.71. The Morgan fingerprint density at radius 2 is 1.95 bits per heavy atom. The number of aromatic nitrogens is 1. The minimum absolute atomic E-state index is 0.273. The molecule has 1 aromatic heterocycles. The number of nitrogens with zero attached hydrogens (tertiary/aromatic N) is 3. The predicted molar refractivity (Wildman–Crippen MR) is 77.6 cm³/mol. The van der Waals surface area contributed by atoms with Gasteiger partial charge in [0.25, 0.3) is 0 Å². The highest BCUT2D eigenvalue weighted by molar-refractivity contribution is 5.66. The van der Waals surface area contributed by atoms with Gasteiger partial charge in [-0.05, 0) is 31.5 Å². The van der Waals surface area contributed by atoms with E-state index in [-0.39, 0.29) is 6.42 Å². The molecule has 20 heavy (non-hydrogen) atoms. The monoisotopic (exact) mass is 277 g/mol. The van der Waals surface area contributed by atoms with Gasteiger partial charge in [0.2, 0.25) is 0 Å². The van der Waals surface area contributed by atoms with Gasteiger partial charge in [-0.15, -0.1) is 0 Å². The number of pyridine rings is 1. The third kappa shape index (κ3) is 4.90. The minimum Gasteiger partial charge on any atom is -0.481 e. The van der Waals surface area contributed by atoms with Crippen LogP contribution in [-0.4, -0.2) is 58.6 Å². The first kappa shape index (κ1) is 14.9. The zero-order valence-electron chi connectivity index (χ0n) is 12.1. The summed E-state index contributed by atoms with van der Waals surface area (Å²) < 4.78 is 0. The lowest BCUT2D eigenvalue weighted by atomic mass is 10.2. The summed E-state index contributed by atoms with van der Waals surface area (Å²) in [6, 6.07) is 4.19. The largest absolute Gasteiger partial charge is 0.481 e. The van der Waals surface area contributed by atoms with Crippen molar-refractivity contribution in [3.8, 4) is 0 Å². The van der Waals surface area contributed by atoms with Crippen molar-refractivity contribution in [2.45, 2.75) is 26.3 Å². The molecular weight excluding hydrogens is 254 g/mol. The summed E-state index contributed by atoms with van der Waals surface area (Å²) in [5, 5.41) is 8.64. The van der Waals surface area contributed by atoms with Crippen LogP contribution in [0.25, 0.3) is 0 Å². The molecule has 0 aliphatic carbocycles. The Morgan fingerprint density at radius 1 is 1.25 bits per heavy atom. The average molecular weight is 277 g/mol. The number of carbonyl (C=O) groups is 1. The number of hydrogen-bond acceptors (Lipinski definition) is 4. The first-order valence-electron chi connectivity index (χ1n) is 7.21. The first-order chi connectivity index (χ1) is 9.63. The molecule has 1 N–H and O–H groups in total. The van der Waals surface area contributed by atoms with E-state index in [0.29, 0.717) is 0 Å². The molecule has 5 heteroatoms. The van der Waals surface area contributed by atoms with Crippen molar-refractivity contribution in [3.05, 3.63) is 29.6 Å². The fourth-order valence-electron chi connectivity index (χ4n) is 2.48. The summed E-state index contributed by atoms with van der Waals surface area (Å²) >= 11 is 0. The van der Waals surface area contributed by atoms with E-state index in [4.69, 9.17) is 5.11 Å². The van der Waals surface area contributed by atoms with Gasteiger partial charge in [-0.1, -0.05) is 6.07 Å². The van der Waals surface area contributed by atoms with Crippen molar-refractivity contribution in [1.29, 1.82) is 0 Å². The van der Waals surface area contributed by atoms with Crippen LogP contribution in [0.15, 0.2) is 18.3 Å². The maximum atomic E-state index is 10.5. The topological polar surface area (TPSA) is 56.7 Å². The van der Waals surface area contributed by atoms with Crippen molar-refractivity contribution < 1.29 is 9.90 Å². The molecule has 0 atom stereocenters. The van der Waals surface area contributed by atoms with Crippen molar-refractivity contribution in [2.75, 3.05) is 32.7 Å². The highest BCUT2D eigenvalue weighted by atomic mass is 16.4. The van der Waals surface area contributed by atoms with E-state index >= 15 is 0 Å². The average Bonchev–Trinajstić information content (AvgIpc) is 2.43. The van der Waals surface area contributed by atoms with E-state index in [2.05, 4.69) is 26.9 Å². The molecule has 1 aromatic rings. The van der Waals surface area contributed by atoms with Crippen LogP contribution in [0.3, 0.4) is 0 Å². The first-order valence-corrected chi connectivity index (χ1v) is 7.21. The second kappa shape index (κ2) is 7.36. The van der Waals surface area contributed by atoms with Crippen molar-refractivity contribution in [2.24, 2.45) is 0 Å². The van der Waals surface area contributed by atoms with Gasteiger partial charge in [0.1, 0.15) is 0 Å². The van der Waals surface area contributed by atoms with Gasteiger partial charge >= 0.3 is 5.97 Å². The molecule has 1 aliphatic heterocycles. The van der Waals surface area contributed by atoms with Gasteiger partial charge in [0.15, 0.2) is 0 Å². The molecule has 1 aliphatic rings. The maximum Gasteiger partial charge on any atom is 0.303 e. The van der Waals surface area contributed by atoms with E-state index in [0.717, 1.165) is 51.4 Å². The number of aryl methyl sites for hydroxylation is 1. The van der Waals surface area contributed by atoms with Crippen LogP contribution >= 0.6 is 0 Å². The van der Waals surface area contributed by atoms with E-state index in [1.807, 2.05) is 13.1 Å². The van der Waals surface area contributed by atoms with Crippen molar-refractivity contribution in [3.63, 3.8) is 0 Å². The van der Waals surface area contributed by atoms with Gasteiger partial charge in [0, 0.05) is 51.0 Å². The van der Waals surface area contributed by atoms with Gasteiger partial charge in [-0.3, -0.25) is 14.7 Å². The lowest BCUT2D eigenvalue weighted by molar-refractivity contribution is -0.137. The summed E-state index contributed by atoms with van der Waals surface area (Å²) in [6.45, 7) is 7.99. The maximum absolute atomic E-state index is 10.5. The SMILES string of the molecule is Cc1ccc(CN2CCN(CCCC(=O)O)CC2)cn1. The second-order valence-corrected chi connectivity index (χ2v) is 5.42. The zero-order chi connectivity index (χ0) is 14.4. The number of piperazine rings is 1. The molecule has 1 fully saturated rings. The van der Waals surface area contributed by atoms with E-state index in [1.165, 1.54) is 5.56 Å². The van der Waals surface area contributed by atoms with Crippen LogP contribution in [0.1, 0.15) is 24.1 Å². The Bertz CT molecular complexity index is 425. The third-order valence-corrected chi connectivity index (χ3v) is 3.71. The van der Waals surface area contributed by atoms with Gasteiger partial charge in [0.05, 0.1) is 0 Å². The molecule has 5 nitrogen and oxygen atoms in total. The van der Waals surface area contributed by atoms with Gasteiger partial charge < -0.3 is 10.0 Å². The number of carboxylic acids is 1. The Balaban J connectivity index is 1.68. The van der Waals surface area contributed by atoms with Crippen molar-refractivity contribution in [1.82, 2.24) is 14.8 Å². The summed E-state index contributed by atoms with van der Waals surface area (Å²) in [4.78, 5) is 19.6. The molecule has 0 unspecified atom stereocenters. The number of rotatable bonds is 6. The summed E-state index contributed by atoms with van der Waals surface area (Å²) in [6.07, 6.45) is 2.97. The Morgan fingerprint density at radius 3 is 2.55 bits per heavy atom. The van der Waals surface area contributed by atoms with Crippen LogP contribution in [0, 0.1) is 6.92 Å². The molecule has 2 rings (SSSR count). The standard InChI is InChI=1S/C15H23N3O2/c1-13-4-5-14(11-16-13)12-18-9-7-17(8-10-18)6-2-3-15(19)20/h4-5,11H,2-3,6-10,12H2,1H3,(H,19,20). The Kier molecular flexibility index (Phi) is 5.49. The predicted octanol–water partition coefficient (Wildman–Crippen LogP) is 1.37. The number of aliphatic carboxylic acids is 1. The number of hydrogen-bond donors (Lipinski definition) is 1. The number of carboxylic acid groups (broad SMARTS) is 1. The van der Waals surface area contributed by atoms with E-state index in [1.54, 1.807) is 0 Å². The molecule has 0 radical (unpaired) electrons. The lowest BCUT2D eigenvalue weighted by Crippen LogP contribution is -2.46. The van der Waals surface area contributed by atoms with Crippen LogP contribution in [0.2, 0.25) is 0 Å². The van der Waals surface area contributed by atoms with Crippen LogP contribution in [0.4, 0.5) is 0 Å².